The molecule has 1 aliphatic carbocycles. The van der Waals surface area contributed by atoms with Crippen LogP contribution in [0.2, 0.25) is 0 Å². The molecule has 0 saturated heterocycles. The van der Waals surface area contributed by atoms with Crippen molar-refractivity contribution in [1.82, 2.24) is 0 Å². The fourth-order valence-corrected chi connectivity index (χ4v) is 2.50. The Hall–Kier alpha value is -1.04. The first-order chi connectivity index (χ1) is 7.69. The fraction of sp³-hybridized carbons (Fsp3) is 0.529. The van der Waals surface area contributed by atoms with Crippen molar-refractivity contribution in [3.63, 3.8) is 0 Å². The minimum atomic E-state index is 0.231. The van der Waals surface area contributed by atoms with Crippen molar-refractivity contribution >= 4 is 6.08 Å². The van der Waals surface area contributed by atoms with E-state index in [4.69, 9.17) is 0 Å². The molecule has 0 N–H and O–H groups in total. The lowest BCUT2D eigenvalue weighted by atomic mass is 9.83. The molecule has 92 valence electrons. The zero-order valence-corrected chi connectivity index (χ0v) is 12.0. The van der Waals surface area contributed by atoms with Gasteiger partial charge in [-0.05, 0) is 33.9 Å². The summed E-state index contributed by atoms with van der Waals surface area (Å²) < 4.78 is 0. The van der Waals surface area contributed by atoms with Crippen LogP contribution in [0.1, 0.15) is 58.2 Å². The Morgan fingerprint density at radius 1 is 0.882 bits per heavy atom. The second kappa shape index (κ2) is 3.73. The van der Waals surface area contributed by atoms with Gasteiger partial charge in [0.05, 0.1) is 0 Å². The zero-order valence-electron chi connectivity index (χ0n) is 12.0. The quantitative estimate of drug-likeness (QED) is 0.588. The van der Waals surface area contributed by atoms with Gasteiger partial charge in [-0.25, -0.2) is 0 Å². The van der Waals surface area contributed by atoms with E-state index in [0.29, 0.717) is 0 Å². The van der Waals surface area contributed by atoms with Crippen LogP contribution in [0.3, 0.4) is 0 Å². The Labute approximate surface area is 106 Å². The summed E-state index contributed by atoms with van der Waals surface area (Å²) in [4.78, 5) is 0. The minimum absolute atomic E-state index is 0.231. The Kier molecular flexibility index (Phi) is 2.72. The van der Waals surface area contributed by atoms with Crippen molar-refractivity contribution in [3.8, 4) is 0 Å². The molecule has 0 heterocycles. The molecule has 0 aliphatic heterocycles. The molecular weight excluding hydrogens is 204 g/mol. The highest BCUT2D eigenvalue weighted by molar-refractivity contribution is 5.68. The maximum atomic E-state index is 2.43. The van der Waals surface area contributed by atoms with Crippen LogP contribution in [0.15, 0.2) is 23.8 Å². The van der Waals surface area contributed by atoms with Gasteiger partial charge in [0, 0.05) is 0 Å². The number of hydrogen-bond acceptors (Lipinski definition) is 0. The Bertz CT molecular complexity index is 462. The van der Waals surface area contributed by atoms with E-state index in [-0.39, 0.29) is 10.8 Å². The van der Waals surface area contributed by atoms with Crippen LogP contribution in [-0.4, -0.2) is 0 Å². The second-order valence-electron chi connectivity index (χ2n) is 7.22. The third-order valence-electron chi connectivity index (χ3n) is 3.67. The van der Waals surface area contributed by atoms with Gasteiger partial charge in [-0.3, -0.25) is 0 Å². The molecular formula is C17H24. The average Bonchev–Trinajstić information content (AvgIpc) is 2.57. The van der Waals surface area contributed by atoms with Crippen LogP contribution in [0.5, 0.6) is 0 Å². The first kappa shape index (κ1) is 12.4. The Morgan fingerprint density at radius 2 is 1.53 bits per heavy atom. The normalized spacial score (nSPS) is 15.8. The van der Waals surface area contributed by atoms with Crippen LogP contribution in [0.25, 0.3) is 6.08 Å². The second-order valence-corrected chi connectivity index (χ2v) is 7.22. The maximum absolute atomic E-state index is 2.43. The van der Waals surface area contributed by atoms with Gasteiger partial charge >= 0.3 is 0 Å². The molecule has 0 spiro atoms. The Morgan fingerprint density at radius 3 is 2.06 bits per heavy atom. The predicted molar refractivity (Wildman–Crippen MR) is 76.3 cm³/mol. The molecule has 17 heavy (non-hydrogen) atoms. The Balaban J connectivity index is 2.52. The molecule has 1 aromatic rings. The number of benzene rings is 1. The maximum Gasteiger partial charge on any atom is -0.00525 e. The summed E-state index contributed by atoms with van der Waals surface area (Å²) in [7, 11) is 0. The number of hydrogen-bond donors (Lipinski definition) is 0. The SMILES string of the molecule is CC(C)(C)C1=Cc2c(cccc2C(C)(C)C)C1. The van der Waals surface area contributed by atoms with Gasteiger partial charge in [-0.2, -0.15) is 0 Å². The van der Waals surface area contributed by atoms with Gasteiger partial charge in [0.25, 0.3) is 0 Å². The van der Waals surface area contributed by atoms with Crippen molar-refractivity contribution in [2.24, 2.45) is 5.41 Å². The lowest BCUT2D eigenvalue weighted by Gasteiger charge is -2.22. The molecule has 0 fully saturated rings. The molecule has 2 rings (SSSR count). The van der Waals surface area contributed by atoms with Crippen molar-refractivity contribution in [2.45, 2.75) is 53.4 Å². The molecule has 0 aromatic heterocycles. The first-order valence-corrected chi connectivity index (χ1v) is 6.53. The van der Waals surface area contributed by atoms with E-state index in [1.54, 1.807) is 5.57 Å². The van der Waals surface area contributed by atoms with Crippen LogP contribution in [-0.2, 0) is 11.8 Å². The topological polar surface area (TPSA) is 0 Å². The van der Waals surface area contributed by atoms with E-state index < -0.39 is 0 Å². The number of allylic oxidation sites excluding steroid dienone is 1. The van der Waals surface area contributed by atoms with Gasteiger partial charge < -0.3 is 0 Å². The third-order valence-corrected chi connectivity index (χ3v) is 3.67. The molecule has 0 nitrogen and oxygen atoms in total. The number of rotatable bonds is 0. The molecule has 0 bridgehead atoms. The largest absolute Gasteiger partial charge is 0.0616 e. The van der Waals surface area contributed by atoms with Crippen LogP contribution in [0.4, 0.5) is 0 Å². The summed E-state index contributed by atoms with van der Waals surface area (Å²) in [6, 6.07) is 6.76. The van der Waals surface area contributed by atoms with E-state index in [9.17, 15) is 0 Å². The monoisotopic (exact) mass is 228 g/mol. The van der Waals surface area contributed by atoms with Gasteiger partial charge in [0.1, 0.15) is 0 Å². The van der Waals surface area contributed by atoms with Crippen LogP contribution >= 0.6 is 0 Å². The van der Waals surface area contributed by atoms with Gasteiger partial charge in [0.15, 0.2) is 0 Å². The standard InChI is InChI=1S/C17H24/c1-16(2,3)13-10-12-8-7-9-15(14(12)11-13)17(4,5)6/h7-9,11H,10H2,1-6H3. The van der Waals surface area contributed by atoms with Crippen molar-refractivity contribution < 1.29 is 0 Å². The van der Waals surface area contributed by atoms with E-state index in [2.05, 4.69) is 65.8 Å². The summed E-state index contributed by atoms with van der Waals surface area (Å²) >= 11 is 0. The van der Waals surface area contributed by atoms with E-state index in [0.717, 1.165) is 6.42 Å². The lowest BCUT2D eigenvalue weighted by molar-refractivity contribution is 0.498. The molecule has 1 aromatic carbocycles. The smallest absolute Gasteiger partial charge is 0.00525 e. The van der Waals surface area contributed by atoms with Gasteiger partial charge in [-0.1, -0.05) is 71.4 Å². The zero-order chi connectivity index (χ0) is 12.8. The highest BCUT2D eigenvalue weighted by atomic mass is 14.3. The average molecular weight is 228 g/mol. The van der Waals surface area contributed by atoms with Crippen molar-refractivity contribution in [3.05, 3.63) is 40.5 Å². The highest BCUT2D eigenvalue weighted by Crippen LogP contribution is 2.40. The summed E-state index contributed by atoms with van der Waals surface area (Å²) in [5.41, 5.74) is 6.54. The molecule has 1 aliphatic rings. The number of fused-ring (bicyclic) bond motifs is 1. The fourth-order valence-electron chi connectivity index (χ4n) is 2.50. The van der Waals surface area contributed by atoms with Crippen molar-refractivity contribution in [2.75, 3.05) is 0 Å². The molecule has 0 unspecified atom stereocenters. The van der Waals surface area contributed by atoms with E-state index in [1.165, 1.54) is 16.7 Å². The molecule has 0 saturated carbocycles. The summed E-state index contributed by atoms with van der Waals surface area (Å²) in [5.74, 6) is 0. The molecule has 0 atom stereocenters. The highest BCUT2D eigenvalue weighted by Gasteiger charge is 2.27. The van der Waals surface area contributed by atoms with Crippen molar-refractivity contribution in [1.29, 1.82) is 0 Å². The van der Waals surface area contributed by atoms with Crippen LogP contribution < -0.4 is 0 Å². The molecule has 0 heteroatoms. The first-order valence-electron chi connectivity index (χ1n) is 6.53. The minimum Gasteiger partial charge on any atom is -0.0616 e. The molecule has 0 radical (unpaired) electrons. The lowest BCUT2D eigenvalue weighted by Crippen LogP contribution is -2.13. The van der Waals surface area contributed by atoms with Gasteiger partial charge in [0.2, 0.25) is 0 Å². The third kappa shape index (κ3) is 2.31. The summed E-state index contributed by atoms with van der Waals surface area (Å²) in [6.07, 6.45) is 3.55. The molecule has 0 amide bonds. The van der Waals surface area contributed by atoms with Gasteiger partial charge in [-0.15, -0.1) is 0 Å². The summed E-state index contributed by atoms with van der Waals surface area (Å²) in [5, 5.41) is 0. The van der Waals surface area contributed by atoms with E-state index >= 15 is 0 Å². The van der Waals surface area contributed by atoms with E-state index in [1.807, 2.05) is 0 Å². The predicted octanol–water partition coefficient (Wildman–Crippen LogP) is 4.97. The summed E-state index contributed by atoms with van der Waals surface area (Å²) in [6.45, 7) is 13.8. The van der Waals surface area contributed by atoms with Crippen LogP contribution in [0, 0.1) is 5.41 Å².